The van der Waals surface area contributed by atoms with Gasteiger partial charge in [0.05, 0.1) is 0 Å². The molecule has 5 nitrogen and oxygen atoms in total. The minimum atomic E-state index is -0.749. The Morgan fingerprint density at radius 2 is 1.72 bits per heavy atom. The van der Waals surface area contributed by atoms with Gasteiger partial charge in [0.1, 0.15) is 11.3 Å². The van der Waals surface area contributed by atoms with Crippen LogP contribution in [-0.2, 0) is 9.53 Å². The van der Waals surface area contributed by atoms with Crippen LogP contribution in [0, 0.1) is 3.57 Å². The van der Waals surface area contributed by atoms with Crippen molar-refractivity contribution in [2.75, 3.05) is 11.9 Å². The highest BCUT2D eigenvalue weighted by Gasteiger charge is 2.15. The van der Waals surface area contributed by atoms with Gasteiger partial charge in [0.15, 0.2) is 6.61 Å². The van der Waals surface area contributed by atoms with Crippen LogP contribution in [0.1, 0.15) is 10.4 Å². The zero-order valence-electron chi connectivity index (χ0n) is 13.0. The summed E-state index contributed by atoms with van der Waals surface area (Å²) in [6.07, 6.45) is 0. The van der Waals surface area contributed by atoms with Crippen molar-refractivity contribution in [1.82, 2.24) is 0 Å². The van der Waals surface area contributed by atoms with Crippen LogP contribution in [-0.4, -0.2) is 23.6 Å². The summed E-state index contributed by atoms with van der Waals surface area (Å²) < 4.78 is 5.99. The van der Waals surface area contributed by atoms with E-state index in [1.165, 1.54) is 6.07 Å². The predicted octanol–water partition coefficient (Wildman–Crippen LogP) is 3.95. The van der Waals surface area contributed by atoms with E-state index in [9.17, 15) is 14.7 Å². The SMILES string of the molecule is O=C(COC(=O)c1cc2ccccc2cc1O)Nc1cccc(I)c1. The fourth-order valence-corrected chi connectivity index (χ4v) is 2.91. The molecule has 0 bridgehead atoms. The van der Waals surface area contributed by atoms with Crippen molar-refractivity contribution >= 4 is 50.9 Å². The van der Waals surface area contributed by atoms with Gasteiger partial charge < -0.3 is 15.2 Å². The number of anilines is 1. The monoisotopic (exact) mass is 447 g/mol. The van der Waals surface area contributed by atoms with E-state index >= 15 is 0 Å². The quantitative estimate of drug-likeness (QED) is 0.470. The molecular formula is C19H14INO4. The second-order valence-corrected chi connectivity index (χ2v) is 6.60. The second kappa shape index (κ2) is 7.52. The van der Waals surface area contributed by atoms with Crippen LogP contribution >= 0.6 is 22.6 Å². The maximum atomic E-state index is 12.2. The van der Waals surface area contributed by atoms with E-state index in [0.29, 0.717) is 5.69 Å². The maximum absolute atomic E-state index is 12.2. The molecule has 3 aromatic carbocycles. The number of carbonyl (C=O) groups is 2. The Balaban J connectivity index is 1.66. The van der Waals surface area contributed by atoms with Crippen LogP contribution in [0.2, 0.25) is 0 Å². The molecule has 0 heterocycles. The summed E-state index contributed by atoms with van der Waals surface area (Å²) in [5, 5.41) is 14.3. The lowest BCUT2D eigenvalue weighted by atomic mass is 10.1. The minimum absolute atomic E-state index is 0.0285. The molecule has 0 aliphatic heterocycles. The molecule has 0 fully saturated rings. The number of fused-ring (bicyclic) bond motifs is 1. The van der Waals surface area contributed by atoms with Crippen molar-refractivity contribution < 1.29 is 19.4 Å². The van der Waals surface area contributed by atoms with Crippen molar-refractivity contribution in [3.8, 4) is 5.75 Å². The first-order chi connectivity index (χ1) is 12.0. The molecule has 0 radical (unpaired) electrons. The van der Waals surface area contributed by atoms with Gasteiger partial charge in [0.2, 0.25) is 0 Å². The Kier molecular flexibility index (Phi) is 5.18. The molecule has 0 spiro atoms. The normalized spacial score (nSPS) is 10.4. The van der Waals surface area contributed by atoms with Gasteiger partial charge in [-0.2, -0.15) is 0 Å². The number of hydrogen-bond acceptors (Lipinski definition) is 4. The minimum Gasteiger partial charge on any atom is -0.507 e. The van der Waals surface area contributed by atoms with Crippen LogP contribution in [0.15, 0.2) is 60.7 Å². The summed E-state index contributed by atoms with van der Waals surface area (Å²) in [6.45, 7) is -0.434. The molecule has 25 heavy (non-hydrogen) atoms. The summed E-state index contributed by atoms with van der Waals surface area (Å²) in [5.41, 5.74) is 0.655. The van der Waals surface area contributed by atoms with Crippen molar-refractivity contribution in [1.29, 1.82) is 0 Å². The number of phenolic OH excluding ortho intramolecular Hbond substituents is 1. The third-order valence-electron chi connectivity index (χ3n) is 3.53. The Morgan fingerprint density at radius 3 is 2.44 bits per heavy atom. The third-order valence-corrected chi connectivity index (χ3v) is 4.20. The van der Waals surface area contributed by atoms with Crippen LogP contribution in [0.25, 0.3) is 10.8 Å². The van der Waals surface area contributed by atoms with Crippen molar-refractivity contribution in [2.45, 2.75) is 0 Å². The predicted molar refractivity (Wildman–Crippen MR) is 104 cm³/mol. The third kappa shape index (κ3) is 4.27. The molecule has 0 aliphatic rings. The van der Waals surface area contributed by atoms with E-state index < -0.39 is 18.5 Å². The average Bonchev–Trinajstić information content (AvgIpc) is 2.59. The molecule has 0 unspecified atom stereocenters. The molecule has 3 rings (SSSR count). The first kappa shape index (κ1) is 17.2. The molecule has 0 aliphatic carbocycles. The number of hydrogen-bond donors (Lipinski definition) is 2. The van der Waals surface area contributed by atoms with Crippen LogP contribution in [0.3, 0.4) is 0 Å². The number of amides is 1. The van der Waals surface area contributed by atoms with Gasteiger partial charge >= 0.3 is 5.97 Å². The van der Waals surface area contributed by atoms with E-state index in [0.717, 1.165) is 14.3 Å². The molecule has 2 N–H and O–H groups in total. The fourth-order valence-electron chi connectivity index (χ4n) is 2.36. The van der Waals surface area contributed by atoms with Gasteiger partial charge in [0.25, 0.3) is 5.91 Å². The van der Waals surface area contributed by atoms with Crippen LogP contribution in [0.4, 0.5) is 5.69 Å². The Morgan fingerprint density at radius 1 is 1.00 bits per heavy atom. The van der Waals surface area contributed by atoms with Crippen LogP contribution in [0.5, 0.6) is 5.75 Å². The van der Waals surface area contributed by atoms with Gasteiger partial charge in [-0.05, 0) is 63.7 Å². The lowest BCUT2D eigenvalue weighted by molar-refractivity contribution is -0.119. The smallest absolute Gasteiger partial charge is 0.342 e. The van der Waals surface area contributed by atoms with E-state index in [4.69, 9.17) is 4.74 Å². The lowest BCUT2D eigenvalue weighted by Crippen LogP contribution is -2.21. The van der Waals surface area contributed by atoms with E-state index in [2.05, 4.69) is 27.9 Å². The zero-order chi connectivity index (χ0) is 17.8. The van der Waals surface area contributed by atoms with Crippen molar-refractivity contribution in [3.05, 3.63) is 69.8 Å². The summed E-state index contributed by atoms with van der Waals surface area (Å²) >= 11 is 2.14. The summed E-state index contributed by atoms with van der Waals surface area (Å²) in [4.78, 5) is 24.1. The summed E-state index contributed by atoms with van der Waals surface area (Å²) in [5.74, 6) is -1.38. The highest BCUT2D eigenvalue weighted by atomic mass is 127. The highest BCUT2D eigenvalue weighted by molar-refractivity contribution is 14.1. The molecule has 1 amide bonds. The number of phenols is 1. The number of ether oxygens (including phenoxy) is 1. The largest absolute Gasteiger partial charge is 0.507 e. The zero-order valence-corrected chi connectivity index (χ0v) is 15.2. The van der Waals surface area contributed by atoms with E-state index in [-0.39, 0.29) is 11.3 Å². The number of halogens is 1. The topological polar surface area (TPSA) is 75.6 Å². The Labute approximate surface area is 157 Å². The molecular weight excluding hydrogens is 433 g/mol. The molecule has 3 aromatic rings. The number of aromatic hydroxyl groups is 1. The number of nitrogens with one attached hydrogen (secondary N) is 1. The van der Waals surface area contributed by atoms with Crippen LogP contribution < -0.4 is 5.32 Å². The average molecular weight is 447 g/mol. The van der Waals surface area contributed by atoms with Gasteiger partial charge in [-0.15, -0.1) is 0 Å². The molecule has 126 valence electrons. The van der Waals surface area contributed by atoms with Crippen molar-refractivity contribution in [3.63, 3.8) is 0 Å². The number of rotatable bonds is 4. The number of benzene rings is 3. The Hall–Kier alpha value is -2.61. The molecule has 0 saturated heterocycles. The standard InChI is InChI=1S/C19H14INO4/c20-14-6-3-7-15(10-14)21-18(23)11-25-19(24)16-8-12-4-1-2-5-13(12)9-17(16)22/h1-10,22H,11H2,(H,21,23). The fraction of sp³-hybridized carbons (Fsp3) is 0.0526. The van der Waals surface area contributed by atoms with Crippen molar-refractivity contribution in [2.24, 2.45) is 0 Å². The van der Waals surface area contributed by atoms with E-state index in [1.807, 2.05) is 36.4 Å². The maximum Gasteiger partial charge on any atom is 0.342 e. The first-order valence-corrected chi connectivity index (χ1v) is 8.55. The second-order valence-electron chi connectivity index (χ2n) is 5.35. The summed E-state index contributed by atoms with van der Waals surface area (Å²) in [6, 6.07) is 17.6. The van der Waals surface area contributed by atoms with Gasteiger partial charge in [-0.3, -0.25) is 4.79 Å². The molecule has 0 aromatic heterocycles. The lowest BCUT2D eigenvalue weighted by Gasteiger charge is -2.09. The highest BCUT2D eigenvalue weighted by Crippen LogP contribution is 2.25. The van der Waals surface area contributed by atoms with E-state index in [1.54, 1.807) is 18.2 Å². The molecule has 6 heteroatoms. The van der Waals surface area contributed by atoms with Gasteiger partial charge in [0, 0.05) is 9.26 Å². The molecule has 0 saturated carbocycles. The van der Waals surface area contributed by atoms with Gasteiger partial charge in [-0.1, -0.05) is 30.3 Å². The molecule has 0 atom stereocenters. The summed E-state index contributed by atoms with van der Waals surface area (Å²) in [7, 11) is 0. The van der Waals surface area contributed by atoms with Gasteiger partial charge in [-0.25, -0.2) is 4.79 Å². The number of esters is 1. The number of carbonyl (C=O) groups excluding carboxylic acids is 2. The first-order valence-electron chi connectivity index (χ1n) is 7.47. The Bertz CT molecular complexity index is 955.